The lowest BCUT2D eigenvalue weighted by molar-refractivity contribution is -0.141. The summed E-state index contributed by atoms with van der Waals surface area (Å²) in [5.41, 5.74) is 21.2. The Hall–Kier alpha value is -7.14. The minimum Gasteiger partial charge on any atom is -0.494 e. The predicted molar refractivity (Wildman–Crippen MR) is 255 cm³/mol. The summed E-state index contributed by atoms with van der Waals surface area (Å²) in [5, 5.41) is 19.9. The number of carbonyl (C=O) groups is 5. The fraction of sp³-hybridized carbons (Fsp3) is 0.429. The molecule has 0 spiro atoms. The van der Waals surface area contributed by atoms with Crippen LogP contribution in [0.5, 0.6) is 17.2 Å². The highest BCUT2D eigenvalue weighted by molar-refractivity contribution is 6.00. The van der Waals surface area contributed by atoms with Crippen LogP contribution in [-0.2, 0) is 25.6 Å². The predicted octanol–water partition coefficient (Wildman–Crippen LogP) is 2.50. The van der Waals surface area contributed by atoms with E-state index in [1.165, 1.54) is 18.9 Å². The Morgan fingerprint density at radius 2 is 1.50 bits per heavy atom. The number of aromatic nitrogens is 2. The quantitative estimate of drug-likeness (QED) is 0.0495. The number of benzene rings is 3. The third-order valence-electron chi connectivity index (χ3n) is 11.2. The van der Waals surface area contributed by atoms with Gasteiger partial charge in [0.1, 0.15) is 61.2 Å². The number of nitrogens with one attached hydrogen (secondary N) is 4. The van der Waals surface area contributed by atoms with E-state index >= 15 is 0 Å². The molecule has 4 atom stereocenters. The van der Waals surface area contributed by atoms with Gasteiger partial charge in [0, 0.05) is 43.2 Å². The summed E-state index contributed by atoms with van der Waals surface area (Å²) in [6.07, 6.45) is 3.14. The average molecular weight is 934 g/mol. The Labute approximate surface area is 396 Å². The molecule has 2 heterocycles. The second-order valence-electron chi connectivity index (χ2n) is 16.4. The van der Waals surface area contributed by atoms with Gasteiger partial charge in [-0.2, -0.15) is 5.26 Å². The van der Waals surface area contributed by atoms with Crippen LogP contribution in [0.25, 0.3) is 22.5 Å². The largest absolute Gasteiger partial charge is 0.494 e. The van der Waals surface area contributed by atoms with Crippen molar-refractivity contribution < 1.29 is 38.2 Å². The molecule has 19 nitrogen and oxygen atoms in total. The molecular formula is C49H63N11O8. The molecular weight excluding hydrogens is 871 g/mol. The first-order chi connectivity index (χ1) is 32.7. The van der Waals surface area contributed by atoms with Gasteiger partial charge in [-0.15, -0.1) is 0 Å². The lowest BCUT2D eigenvalue weighted by atomic mass is 9.93. The van der Waals surface area contributed by atoms with Crippen LogP contribution in [0.1, 0.15) is 78.4 Å². The molecule has 0 unspecified atom stereocenters. The molecule has 0 aliphatic carbocycles. The molecule has 4 bridgehead atoms. The zero-order chi connectivity index (χ0) is 49.3. The third-order valence-corrected chi connectivity index (χ3v) is 11.2. The van der Waals surface area contributed by atoms with Crippen molar-refractivity contribution in [3.05, 3.63) is 88.7 Å². The summed E-state index contributed by atoms with van der Waals surface area (Å²) < 4.78 is 18.0. The average Bonchev–Trinajstić information content (AvgIpc) is 3.32. The van der Waals surface area contributed by atoms with Crippen LogP contribution < -0.4 is 52.7 Å². The van der Waals surface area contributed by atoms with Crippen LogP contribution in [0.4, 0.5) is 0 Å². The summed E-state index contributed by atoms with van der Waals surface area (Å²) in [7, 11) is 1.41. The van der Waals surface area contributed by atoms with Crippen molar-refractivity contribution in [3.63, 3.8) is 0 Å². The van der Waals surface area contributed by atoms with Gasteiger partial charge in [0.25, 0.3) is 5.91 Å². The zero-order valence-electron chi connectivity index (χ0n) is 39.4. The number of unbranched alkanes of at least 4 members (excludes halogenated alkanes) is 2. The Bertz CT molecular complexity index is 2440. The van der Waals surface area contributed by atoms with E-state index in [0.717, 1.165) is 30.6 Å². The number of hydrogen-bond donors (Lipinski definition) is 7. The number of nitrogens with zero attached hydrogens (tertiary/aromatic N) is 4. The topological polar surface area (TPSA) is 292 Å². The lowest BCUT2D eigenvalue weighted by Gasteiger charge is -2.32. The first-order valence-corrected chi connectivity index (χ1v) is 22.8. The van der Waals surface area contributed by atoms with Crippen LogP contribution >= 0.6 is 0 Å². The van der Waals surface area contributed by atoms with E-state index in [-0.39, 0.29) is 57.8 Å². The van der Waals surface area contributed by atoms with Gasteiger partial charge >= 0.3 is 0 Å². The molecule has 0 radical (unpaired) electrons. The molecule has 19 heteroatoms. The van der Waals surface area contributed by atoms with Gasteiger partial charge in [0.2, 0.25) is 23.6 Å². The maximum atomic E-state index is 14.7. The fourth-order valence-corrected chi connectivity index (χ4v) is 7.78. The number of nitriles is 1. The third kappa shape index (κ3) is 13.3. The number of rotatable bonds is 20. The Morgan fingerprint density at radius 3 is 2.12 bits per heavy atom. The number of amides is 5. The first-order valence-electron chi connectivity index (χ1n) is 22.8. The molecule has 1 aliphatic rings. The van der Waals surface area contributed by atoms with Crippen molar-refractivity contribution in [1.82, 2.24) is 36.1 Å². The van der Waals surface area contributed by atoms with Gasteiger partial charge in [-0.1, -0.05) is 31.9 Å². The Kier molecular flexibility index (Phi) is 19.2. The molecule has 1 aliphatic heterocycles. The highest BCUT2D eigenvalue weighted by Gasteiger charge is 2.36. The lowest BCUT2D eigenvalue weighted by Crippen LogP contribution is -2.56. The van der Waals surface area contributed by atoms with Gasteiger partial charge < -0.3 is 57.6 Å². The van der Waals surface area contributed by atoms with Crippen molar-refractivity contribution in [2.75, 3.05) is 53.0 Å². The van der Waals surface area contributed by atoms with Crippen LogP contribution in [0.3, 0.4) is 0 Å². The smallest absolute Gasteiger partial charge is 0.255 e. The van der Waals surface area contributed by atoms with Crippen molar-refractivity contribution in [2.45, 2.75) is 84.0 Å². The fourth-order valence-electron chi connectivity index (χ4n) is 7.78. The number of aryl methyl sites for hydroxylation is 2. The van der Waals surface area contributed by atoms with E-state index in [1.807, 2.05) is 30.3 Å². The molecule has 0 fully saturated rings. The molecule has 3 aromatic carbocycles. The summed E-state index contributed by atoms with van der Waals surface area (Å²) in [4.78, 5) is 81.1. The second-order valence-corrected chi connectivity index (χ2v) is 16.4. The number of likely N-dealkylation sites (N-methyl/N-ethyl adjacent to an activating group) is 1. The monoisotopic (exact) mass is 933 g/mol. The molecule has 0 saturated heterocycles. The number of nitrogens with two attached hydrogens (primary N) is 3. The number of hydrogen-bond acceptors (Lipinski definition) is 14. The van der Waals surface area contributed by atoms with Crippen molar-refractivity contribution in [3.8, 4) is 45.8 Å². The minimum atomic E-state index is -1.41. The van der Waals surface area contributed by atoms with E-state index in [4.69, 9.17) is 31.4 Å². The van der Waals surface area contributed by atoms with Gasteiger partial charge in [-0.3, -0.25) is 24.0 Å². The van der Waals surface area contributed by atoms with Gasteiger partial charge in [-0.05, 0) is 99.8 Å². The normalized spacial score (nSPS) is 16.2. The van der Waals surface area contributed by atoms with E-state index in [2.05, 4.69) is 38.2 Å². The molecule has 362 valence electrons. The standard InChI is InChI=1S/C49H63N11O8/c1-6-7-8-23-66-35-13-10-33(11-14-35)44-55-29(2)42(30(3)56-44)47(63)58-38(17-18-50)49(65)60(5)43-34-12-16-41(68-25-21-53)37(28-34)36-26-32(9-15-40(36)67-24-20-52)27-39(46(62)54-22-19-51)59-45(61)31(4)57-48(43)64/h9-16,26,28,31,38-39,43H,6-8,17-18,20-25,27,50,52-53H2,1-5H3,(H,54,62)(H,57,64)(H,58,63)(H,59,61)/t31-,38-,39-,43-/m0/s1. The molecule has 4 aromatic rings. The van der Waals surface area contributed by atoms with E-state index < -0.39 is 53.7 Å². The minimum absolute atomic E-state index is 0.00111. The van der Waals surface area contributed by atoms with Gasteiger partial charge in [0.15, 0.2) is 5.82 Å². The molecule has 5 amide bonds. The van der Waals surface area contributed by atoms with Crippen LogP contribution in [0.15, 0.2) is 60.7 Å². The maximum absolute atomic E-state index is 14.7. The van der Waals surface area contributed by atoms with Gasteiger partial charge in [0.05, 0.1) is 29.6 Å². The summed E-state index contributed by atoms with van der Waals surface area (Å²) in [6, 6.07) is 14.4. The number of ether oxygens (including phenoxy) is 3. The number of fused-ring (bicyclic) bond motifs is 5. The van der Waals surface area contributed by atoms with Crippen LogP contribution in [0, 0.1) is 25.2 Å². The van der Waals surface area contributed by atoms with Crippen molar-refractivity contribution in [1.29, 1.82) is 5.26 Å². The Balaban J connectivity index is 1.53. The highest BCUT2D eigenvalue weighted by atomic mass is 16.5. The molecule has 0 saturated carbocycles. The Morgan fingerprint density at radius 1 is 0.853 bits per heavy atom. The first kappa shape index (κ1) is 51.8. The van der Waals surface area contributed by atoms with Crippen LogP contribution in [-0.4, -0.2) is 116 Å². The summed E-state index contributed by atoms with van der Waals surface area (Å²) in [5.74, 6) is -1.47. The highest BCUT2D eigenvalue weighted by Crippen LogP contribution is 2.40. The van der Waals surface area contributed by atoms with Crippen molar-refractivity contribution >= 4 is 29.5 Å². The maximum Gasteiger partial charge on any atom is 0.255 e. The SMILES string of the molecule is CCCCCOc1ccc(-c2nc(C)c(C(=O)N[C@@H](CCN)C(=O)N(C)[C@@H]3C(=O)N[C@@H](C)C(=O)N[C@H](C(=O)NCC#N)Cc4ccc(OCCN)c(c4)-c4cc3ccc4OCCN)c(C)n2)cc1. The second kappa shape index (κ2) is 25.1. The molecule has 10 N–H and O–H groups in total. The van der Waals surface area contributed by atoms with E-state index in [1.54, 1.807) is 50.2 Å². The van der Waals surface area contributed by atoms with Crippen LogP contribution in [0.2, 0.25) is 0 Å². The zero-order valence-corrected chi connectivity index (χ0v) is 39.4. The number of carbonyl (C=O) groups excluding carboxylic acids is 5. The molecule has 1 aromatic heterocycles. The van der Waals surface area contributed by atoms with E-state index in [9.17, 15) is 29.2 Å². The van der Waals surface area contributed by atoms with Crippen molar-refractivity contribution in [2.24, 2.45) is 17.2 Å². The molecule has 68 heavy (non-hydrogen) atoms. The molecule has 5 rings (SSSR count). The van der Waals surface area contributed by atoms with E-state index in [0.29, 0.717) is 57.6 Å². The van der Waals surface area contributed by atoms with Gasteiger partial charge in [-0.25, -0.2) is 9.97 Å². The summed E-state index contributed by atoms with van der Waals surface area (Å²) in [6.45, 7) is 7.90. The summed E-state index contributed by atoms with van der Waals surface area (Å²) >= 11 is 0.